The lowest BCUT2D eigenvalue weighted by atomic mass is 9.71. The van der Waals surface area contributed by atoms with Crippen LogP contribution in [0.5, 0.6) is 0 Å². The van der Waals surface area contributed by atoms with Crippen LogP contribution in [0, 0.1) is 11.3 Å². The molecule has 0 bridgehead atoms. The van der Waals surface area contributed by atoms with Gasteiger partial charge in [0.15, 0.2) is 0 Å². The van der Waals surface area contributed by atoms with Crippen molar-refractivity contribution in [3.8, 4) is 0 Å². The summed E-state index contributed by atoms with van der Waals surface area (Å²) in [4.78, 5) is 28.6. The van der Waals surface area contributed by atoms with Crippen molar-refractivity contribution >= 4 is 23.3 Å². The maximum absolute atomic E-state index is 14.0. The van der Waals surface area contributed by atoms with Crippen LogP contribution in [-0.2, 0) is 17.8 Å². The number of nitrogens with zero attached hydrogens (tertiary/aromatic N) is 4. The van der Waals surface area contributed by atoms with E-state index in [1.165, 1.54) is 5.56 Å². The molecule has 0 atom stereocenters. The molecule has 8 heteroatoms. The second kappa shape index (κ2) is 10.3. The molecule has 1 saturated carbocycles. The summed E-state index contributed by atoms with van der Waals surface area (Å²) >= 11 is 0. The fraction of sp³-hybridized carbons (Fsp3) is 0.414. The van der Waals surface area contributed by atoms with Crippen molar-refractivity contribution in [1.82, 2.24) is 25.5 Å². The third-order valence-corrected chi connectivity index (χ3v) is 7.83. The number of fused-ring (bicyclic) bond motifs is 1. The van der Waals surface area contributed by atoms with E-state index >= 15 is 0 Å². The first kappa shape index (κ1) is 24.9. The number of aromatic amines is 1. The Morgan fingerprint density at radius 1 is 1.03 bits per heavy atom. The van der Waals surface area contributed by atoms with E-state index in [2.05, 4.69) is 69.8 Å². The quantitative estimate of drug-likeness (QED) is 0.496. The summed E-state index contributed by atoms with van der Waals surface area (Å²) in [6.07, 6.45) is 7.14. The Morgan fingerprint density at radius 3 is 2.43 bits per heavy atom. The summed E-state index contributed by atoms with van der Waals surface area (Å²) in [6.45, 7) is 7.46. The van der Waals surface area contributed by atoms with Gasteiger partial charge in [-0.1, -0.05) is 68.3 Å². The second-order valence-corrected chi connectivity index (χ2v) is 11.2. The van der Waals surface area contributed by atoms with Crippen molar-refractivity contribution in [2.75, 3.05) is 5.32 Å². The van der Waals surface area contributed by atoms with Crippen LogP contribution in [0.1, 0.15) is 73.5 Å². The molecule has 2 N–H and O–H groups in total. The number of hydrogen-bond acceptors (Lipinski definition) is 5. The van der Waals surface area contributed by atoms with Crippen LogP contribution in [0.25, 0.3) is 5.57 Å². The maximum atomic E-state index is 14.0. The van der Waals surface area contributed by atoms with E-state index in [-0.39, 0.29) is 29.2 Å². The van der Waals surface area contributed by atoms with Crippen molar-refractivity contribution in [3.05, 3.63) is 76.9 Å². The van der Waals surface area contributed by atoms with Crippen molar-refractivity contribution in [3.63, 3.8) is 0 Å². The number of carbonyl (C=O) groups is 2. The van der Waals surface area contributed by atoms with E-state index in [1.807, 2.05) is 24.3 Å². The number of H-pyrrole nitrogens is 1. The van der Waals surface area contributed by atoms with Gasteiger partial charge < -0.3 is 4.90 Å². The van der Waals surface area contributed by atoms with Gasteiger partial charge in [-0.3, -0.25) is 14.9 Å². The van der Waals surface area contributed by atoms with Gasteiger partial charge in [-0.05, 0) is 77.5 Å². The van der Waals surface area contributed by atoms with Crippen molar-refractivity contribution in [2.45, 2.75) is 65.5 Å². The van der Waals surface area contributed by atoms with Crippen LogP contribution in [-0.4, -0.2) is 43.4 Å². The molecule has 2 aromatic carbocycles. The average molecular weight is 499 g/mol. The van der Waals surface area contributed by atoms with Gasteiger partial charge in [0.2, 0.25) is 0 Å². The fourth-order valence-electron chi connectivity index (χ4n) is 5.61. The summed E-state index contributed by atoms with van der Waals surface area (Å²) in [5.41, 5.74) is 4.84. The molecule has 192 valence electrons. The first-order valence-corrected chi connectivity index (χ1v) is 13.0. The monoisotopic (exact) mass is 498 g/mol. The molecule has 0 aliphatic heterocycles. The molecule has 37 heavy (non-hydrogen) atoms. The Balaban J connectivity index is 1.35. The van der Waals surface area contributed by atoms with Gasteiger partial charge in [0.1, 0.15) is 0 Å². The third-order valence-electron chi connectivity index (χ3n) is 7.83. The van der Waals surface area contributed by atoms with Gasteiger partial charge >= 0.3 is 0 Å². The molecule has 3 aromatic rings. The van der Waals surface area contributed by atoms with Crippen LogP contribution < -0.4 is 5.32 Å². The van der Waals surface area contributed by atoms with Gasteiger partial charge in [-0.15, -0.1) is 5.10 Å². The Bertz CT molecular complexity index is 1280. The maximum Gasteiger partial charge on any atom is 0.270 e. The predicted molar refractivity (Wildman–Crippen MR) is 142 cm³/mol. The standard InChI is InChI=1S/C29H34N6O2/c1-29(2,3)22-13-15-23(16-14-22)35(27(37)25-17-12-20-6-4-5-7-24(20)25)18-19-8-10-21(11-9-19)26(36)30-28-31-33-34-32-28/h4-11,17,22-23H,12-16,18H2,1-3H3,(H2,30,31,32,33,34,36). The number of benzene rings is 2. The SMILES string of the molecule is CC(C)(C)C1CCC(N(Cc2ccc(C(=O)Nc3nn[nH]n3)cc2)C(=O)C2=CCc3ccccc32)CC1. The number of tetrazole rings is 1. The number of aromatic nitrogens is 4. The number of rotatable bonds is 6. The van der Waals surface area contributed by atoms with Crippen molar-refractivity contribution in [1.29, 1.82) is 0 Å². The Kier molecular flexibility index (Phi) is 6.91. The van der Waals surface area contributed by atoms with E-state index in [0.717, 1.165) is 48.8 Å². The van der Waals surface area contributed by atoms with Gasteiger partial charge in [0.05, 0.1) is 0 Å². The summed E-state index contributed by atoms with van der Waals surface area (Å²) < 4.78 is 0. The molecule has 0 spiro atoms. The van der Waals surface area contributed by atoms with Gasteiger partial charge in [0, 0.05) is 23.7 Å². The highest BCUT2D eigenvalue weighted by molar-refractivity contribution is 6.21. The minimum Gasteiger partial charge on any atom is -0.331 e. The van der Waals surface area contributed by atoms with Crippen molar-refractivity contribution in [2.24, 2.45) is 11.3 Å². The van der Waals surface area contributed by atoms with Crippen LogP contribution in [0.2, 0.25) is 0 Å². The zero-order valence-corrected chi connectivity index (χ0v) is 21.7. The Labute approximate surface area is 217 Å². The van der Waals surface area contributed by atoms with E-state index < -0.39 is 0 Å². The van der Waals surface area contributed by atoms with Crippen molar-refractivity contribution < 1.29 is 9.59 Å². The van der Waals surface area contributed by atoms with E-state index in [9.17, 15) is 9.59 Å². The number of nitrogens with one attached hydrogen (secondary N) is 2. The summed E-state index contributed by atoms with van der Waals surface area (Å²) in [5.74, 6) is 0.586. The largest absolute Gasteiger partial charge is 0.331 e. The highest BCUT2D eigenvalue weighted by atomic mass is 16.2. The molecule has 1 heterocycles. The smallest absolute Gasteiger partial charge is 0.270 e. The zero-order valence-electron chi connectivity index (χ0n) is 21.7. The van der Waals surface area contributed by atoms with E-state index in [0.29, 0.717) is 18.0 Å². The molecule has 1 aromatic heterocycles. The number of allylic oxidation sites excluding steroid dienone is 1. The zero-order chi connectivity index (χ0) is 26.0. The minimum atomic E-state index is -0.311. The highest BCUT2D eigenvalue weighted by Crippen LogP contribution is 2.40. The topological polar surface area (TPSA) is 104 Å². The lowest BCUT2D eigenvalue weighted by Crippen LogP contribution is -2.43. The first-order valence-electron chi connectivity index (χ1n) is 13.0. The third kappa shape index (κ3) is 5.48. The molecular weight excluding hydrogens is 464 g/mol. The normalized spacial score (nSPS) is 19.2. The van der Waals surface area contributed by atoms with Crippen LogP contribution in [0.15, 0.2) is 54.6 Å². The molecule has 1 fully saturated rings. The molecule has 0 saturated heterocycles. The van der Waals surface area contributed by atoms with Gasteiger partial charge in [-0.25, -0.2) is 0 Å². The molecule has 0 radical (unpaired) electrons. The summed E-state index contributed by atoms with van der Waals surface area (Å²) in [6, 6.07) is 15.8. The molecule has 2 aliphatic carbocycles. The molecule has 2 aliphatic rings. The van der Waals surface area contributed by atoms with E-state index in [1.54, 1.807) is 12.1 Å². The van der Waals surface area contributed by atoms with Gasteiger partial charge in [0.25, 0.3) is 17.8 Å². The lowest BCUT2D eigenvalue weighted by Gasteiger charge is -2.41. The van der Waals surface area contributed by atoms with Gasteiger partial charge in [-0.2, -0.15) is 5.21 Å². The summed E-state index contributed by atoms with van der Waals surface area (Å²) in [7, 11) is 0. The number of carbonyl (C=O) groups excluding carboxylic acids is 2. The molecule has 8 nitrogen and oxygen atoms in total. The predicted octanol–water partition coefficient (Wildman–Crippen LogP) is 5.03. The highest BCUT2D eigenvalue weighted by Gasteiger charge is 2.35. The van der Waals surface area contributed by atoms with Crippen LogP contribution in [0.3, 0.4) is 0 Å². The minimum absolute atomic E-state index is 0.100. The van der Waals surface area contributed by atoms with E-state index in [4.69, 9.17) is 0 Å². The Morgan fingerprint density at radius 2 is 1.76 bits per heavy atom. The second-order valence-electron chi connectivity index (χ2n) is 11.2. The first-order chi connectivity index (χ1) is 17.8. The number of amides is 2. The Hall–Kier alpha value is -3.81. The van der Waals surface area contributed by atoms with Crippen LogP contribution >= 0.6 is 0 Å². The number of anilines is 1. The molecular formula is C29H34N6O2. The lowest BCUT2D eigenvalue weighted by molar-refractivity contribution is -0.129. The summed E-state index contributed by atoms with van der Waals surface area (Å²) in [5, 5.41) is 15.9. The molecule has 2 amide bonds. The van der Waals surface area contributed by atoms with Crippen LogP contribution in [0.4, 0.5) is 5.95 Å². The molecule has 0 unspecified atom stereocenters. The average Bonchev–Trinajstić information content (AvgIpc) is 3.57. The fourth-order valence-corrected chi connectivity index (χ4v) is 5.61. The molecule has 5 rings (SSSR count). The number of hydrogen-bond donors (Lipinski definition) is 2.